The number of amides is 1. The average Bonchev–Trinajstić information content (AvgIpc) is 2.25. The molecule has 0 aliphatic carbocycles. The third-order valence-electron chi connectivity index (χ3n) is 2.31. The third-order valence-corrected chi connectivity index (χ3v) is 2.31. The van der Waals surface area contributed by atoms with Gasteiger partial charge >= 0.3 is 0 Å². The Morgan fingerprint density at radius 3 is 2.29 bits per heavy atom. The van der Waals surface area contributed by atoms with E-state index in [1.807, 2.05) is 45.0 Å². The Morgan fingerprint density at radius 1 is 1.24 bits per heavy atom. The Kier molecular flexibility index (Phi) is 4.55. The number of ether oxygens (including phenoxy) is 1. The normalized spacial score (nSPS) is 11.1. The minimum atomic E-state index is -0.156. The number of carbonyl (C=O) groups is 1. The van der Waals surface area contributed by atoms with Crippen LogP contribution in [0.4, 0.5) is 0 Å². The monoisotopic (exact) mass is 235 g/mol. The van der Waals surface area contributed by atoms with Crippen LogP contribution < -0.4 is 10.1 Å². The lowest BCUT2D eigenvalue weighted by molar-refractivity contribution is -0.122. The van der Waals surface area contributed by atoms with E-state index in [-0.39, 0.29) is 11.4 Å². The molecule has 0 saturated carbocycles. The van der Waals surface area contributed by atoms with Crippen molar-refractivity contribution in [2.75, 3.05) is 7.11 Å². The highest BCUT2D eigenvalue weighted by molar-refractivity contribution is 5.76. The van der Waals surface area contributed by atoms with Crippen molar-refractivity contribution in [2.24, 2.45) is 0 Å². The highest BCUT2D eigenvalue weighted by atomic mass is 16.5. The van der Waals surface area contributed by atoms with Crippen LogP contribution in [0.25, 0.3) is 0 Å². The van der Waals surface area contributed by atoms with Gasteiger partial charge in [0.15, 0.2) is 0 Å². The van der Waals surface area contributed by atoms with E-state index in [1.165, 1.54) is 0 Å². The van der Waals surface area contributed by atoms with Crippen molar-refractivity contribution in [2.45, 2.75) is 39.2 Å². The van der Waals surface area contributed by atoms with Crippen molar-refractivity contribution in [1.29, 1.82) is 0 Å². The summed E-state index contributed by atoms with van der Waals surface area (Å²) in [5, 5.41) is 2.95. The third kappa shape index (κ3) is 5.38. The van der Waals surface area contributed by atoms with E-state index in [4.69, 9.17) is 4.74 Å². The molecule has 0 heterocycles. The average molecular weight is 235 g/mol. The maximum absolute atomic E-state index is 11.6. The molecule has 0 aliphatic heterocycles. The number of hydrogen-bond acceptors (Lipinski definition) is 2. The van der Waals surface area contributed by atoms with Crippen molar-refractivity contribution >= 4 is 5.91 Å². The van der Waals surface area contributed by atoms with Crippen LogP contribution in [0.1, 0.15) is 32.8 Å². The first kappa shape index (κ1) is 13.6. The van der Waals surface area contributed by atoms with Gasteiger partial charge in [-0.25, -0.2) is 0 Å². The fraction of sp³-hybridized carbons (Fsp3) is 0.500. The summed E-state index contributed by atoms with van der Waals surface area (Å²) in [4.78, 5) is 11.6. The number of aryl methyl sites for hydroxylation is 1. The van der Waals surface area contributed by atoms with Crippen LogP contribution >= 0.6 is 0 Å². The van der Waals surface area contributed by atoms with Crippen molar-refractivity contribution in [3.8, 4) is 5.75 Å². The molecule has 94 valence electrons. The fourth-order valence-corrected chi connectivity index (χ4v) is 1.53. The zero-order chi connectivity index (χ0) is 12.9. The number of rotatable bonds is 4. The van der Waals surface area contributed by atoms with Gasteiger partial charge in [0, 0.05) is 12.0 Å². The SMILES string of the molecule is COc1ccc(CCC(=O)NC(C)(C)C)cc1. The Balaban J connectivity index is 2.42. The van der Waals surface area contributed by atoms with E-state index in [1.54, 1.807) is 7.11 Å². The van der Waals surface area contributed by atoms with Gasteiger partial charge in [-0.15, -0.1) is 0 Å². The van der Waals surface area contributed by atoms with E-state index in [9.17, 15) is 4.79 Å². The fourth-order valence-electron chi connectivity index (χ4n) is 1.53. The molecule has 0 fully saturated rings. The molecule has 0 saturated heterocycles. The standard InChI is InChI=1S/C14H21NO2/c1-14(2,3)15-13(16)10-7-11-5-8-12(17-4)9-6-11/h5-6,8-9H,7,10H2,1-4H3,(H,15,16). The summed E-state index contributed by atoms with van der Waals surface area (Å²) >= 11 is 0. The zero-order valence-corrected chi connectivity index (χ0v) is 11.0. The van der Waals surface area contributed by atoms with Crippen LogP contribution in [0.15, 0.2) is 24.3 Å². The van der Waals surface area contributed by atoms with E-state index >= 15 is 0 Å². The molecule has 1 rings (SSSR count). The van der Waals surface area contributed by atoms with Crippen molar-refractivity contribution in [3.05, 3.63) is 29.8 Å². The number of benzene rings is 1. The summed E-state index contributed by atoms with van der Waals surface area (Å²) < 4.78 is 5.08. The topological polar surface area (TPSA) is 38.3 Å². The Labute approximate surface area is 103 Å². The molecule has 0 atom stereocenters. The highest BCUT2D eigenvalue weighted by Gasteiger charge is 2.13. The van der Waals surface area contributed by atoms with Crippen molar-refractivity contribution < 1.29 is 9.53 Å². The highest BCUT2D eigenvalue weighted by Crippen LogP contribution is 2.12. The predicted molar refractivity (Wildman–Crippen MR) is 69.2 cm³/mol. The van der Waals surface area contributed by atoms with E-state index in [0.29, 0.717) is 6.42 Å². The molecular weight excluding hydrogens is 214 g/mol. The second kappa shape index (κ2) is 5.71. The molecule has 1 amide bonds. The van der Waals surface area contributed by atoms with Gasteiger partial charge in [-0.2, -0.15) is 0 Å². The minimum absolute atomic E-state index is 0.0910. The van der Waals surface area contributed by atoms with E-state index in [0.717, 1.165) is 17.7 Å². The molecule has 0 radical (unpaired) electrons. The van der Waals surface area contributed by atoms with Gasteiger partial charge in [-0.3, -0.25) is 4.79 Å². The molecule has 0 aromatic heterocycles. The molecule has 3 heteroatoms. The lowest BCUT2D eigenvalue weighted by Crippen LogP contribution is -2.40. The number of carbonyl (C=O) groups excluding carboxylic acids is 1. The molecule has 17 heavy (non-hydrogen) atoms. The van der Waals surface area contributed by atoms with Gasteiger partial charge in [0.1, 0.15) is 5.75 Å². The first-order valence-corrected chi connectivity index (χ1v) is 5.84. The number of methoxy groups -OCH3 is 1. The van der Waals surface area contributed by atoms with Crippen molar-refractivity contribution in [3.63, 3.8) is 0 Å². The molecular formula is C14H21NO2. The summed E-state index contributed by atoms with van der Waals surface area (Å²) in [7, 11) is 1.64. The maximum Gasteiger partial charge on any atom is 0.220 e. The first-order chi connectivity index (χ1) is 7.90. The summed E-state index contributed by atoms with van der Waals surface area (Å²) in [6.07, 6.45) is 1.27. The minimum Gasteiger partial charge on any atom is -0.497 e. The second-order valence-corrected chi connectivity index (χ2v) is 5.15. The lowest BCUT2D eigenvalue weighted by Gasteiger charge is -2.20. The van der Waals surface area contributed by atoms with Crippen LogP contribution in [0.5, 0.6) is 5.75 Å². The van der Waals surface area contributed by atoms with E-state index < -0.39 is 0 Å². The van der Waals surface area contributed by atoms with Gasteiger partial charge in [-0.1, -0.05) is 12.1 Å². The number of hydrogen-bond donors (Lipinski definition) is 1. The smallest absolute Gasteiger partial charge is 0.220 e. The summed E-state index contributed by atoms with van der Waals surface area (Å²) in [5.74, 6) is 0.932. The van der Waals surface area contributed by atoms with Gasteiger partial charge < -0.3 is 10.1 Å². The Bertz CT molecular complexity index is 363. The predicted octanol–water partition coefficient (Wildman–Crippen LogP) is 2.54. The molecule has 1 aromatic rings. The Morgan fingerprint density at radius 2 is 1.82 bits per heavy atom. The van der Waals surface area contributed by atoms with Crippen LogP contribution in [-0.2, 0) is 11.2 Å². The lowest BCUT2D eigenvalue weighted by atomic mass is 10.1. The van der Waals surface area contributed by atoms with E-state index in [2.05, 4.69) is 5.32 Å². The van der Waals surface area contributed by atoms with Gasteiger partial charge in [-0.05, 0) is 44.9 Å². The molecule has 0 spiro atoms. The molecule has 0 unspecified atom stereocenters. The van der Waals surface area contributed by atoms with Crippen LogP contribution in [0.2, 0.25) is 0 Å². The Hall–Kier alpha value is -1.51. The molecule has 0 aliphatic rings. The van der Waals surface area contributed by atoms with Crippen LogP contribution in [-0.4, -0.2) is 18.6 Å². The molecule has 3 nitrogen and oxygen atoms in total. The quantitative estimate of drug-likeness (QED) is 0.871. The second-order valence-electron chi connectivity index (χ2n) is 5.15. The zero-order valence-electron chi connectivity index (χ0n) is 11.0. The summed E-state index contributed by atoms with van der Waals surface area (Å²) in [6.45, 7) is 5.95. The first-order valence-electron chi connectivity index (χ1n) is 5.84. The largest absolute Gasteiger partial charge is 0.497 e. The van der Waals surface area contributed by atoms with Gasteiger partial charge in [0.2, 0.25) is 5.91 Å². The molecule has 1 aromatic carbocycles. The van der Waals surface area contributed by atoms with Crippen LogP contribution in [0.3, 0.4) is 0 Å². The van der Waals surface area contributed by atoms with Gasteiger partial charge in [0.05, 0.1) is 7.11 Å². The maximum atomic E-state index is 11.6. The van der Waals surface area contributed by atoms with Crippen LogP contribution in [0, 0.1) is 0 Å². The summed E-state index contributed by atoms with van der Waals surface area (Å²) in [6, 6.07) is 7.81. The summed E-state index contributed by atoms with van der Waals surface area (Å²) in [5.41, 5.74) is 0.992. The number of nitrogens with one attached hydrogen (secondary N) is 1. The van der Waals surface area contributed by atoms with Gasteiger partial charge in [0.25, 0.3) is 0 Å². The molecule has 1 N–H and O–H groups in total. The molecule has 0 bridgehead atoms. The van der Waals surface area contributed by atoms with Crippen molar-refractivity contribution in [1.82, 2.24) is 5.32 Å².